The van der Waals surface area contributed by atoms with E-state index in [9.17, 15) is 29.4 Å². The van der Waals surface area contributed by atoms with Crippen LogP contribution >= 0.6 is 0 Å². The number of ether oxygens (including phenoxy) is 1. The fraction of sp³-hybridized carbons (Fsp3) is 0.326. The van der Waals surface area contributed by atoms with E-state index >= 15 is 0 Å². The van der Waals surface area contributed by atoms with Crippen LogP contribution in [0.1, 0.15) is 81.5 Å². The largest absolute Gasteiger partial charge is 0.396 e. The zero-order valence-electron chi connectivity index (χ0n) is 33.0. The lowest BCUT2D eigenvalue weighted by molar-refractivity contribution is -0.124. The van der Waals surface area contributed by atoms with Crippen molar-refractivity contribution in [2.75, 3.05) is 42.4 Å². The molecule has 0 radical (unpaired) electrons. The summed E-state index contributed by atoms with van der Waals surface area (Å²) in [5.74, 6) is -0.101. The van der Waals surface area contributed by atoms with Crippen LogP contribution in [0.5, 0.6) is 0 Å². The summed E-state index contributed by atoms with van der Waals surface area (Å²) < 4.78 is 10.2. The fourth-order valence-corrected chi connectivity index (χ4v) is 8.52. The van der Waals surface area contributed by atoms with Crippen LogP contribution in [-0.2, 0) is 25.2 Å². The van der Waals surface area contributed by atoms with Crippen LogP contribution in [0.4, 0.5) is 17.2 Å². The first kappa shape index (κ1) is 39.7. The van der Waals surface area contributed by atoms with Gasteiger partial charge in [0.2, 0.25) is 11.8 Å². The highest BCUT2D eigenvalue weighted by molar-refractivity contribution is 6.08. The third-order valence-corrected chi connectivity index (χ3v) is 12.1. The van der Waals surface area contributed by atoms with Gasteiger partial charge in [-0.25, -0.2) is 0 Å². The second-order valence-electron chi connectivity index (χ2n) is 15.8. The Morgan fingerprint density at radius 2 is 1.32 bits per heavy atom. The predicted octanol–water partition coefficient (Wildman–Crippen LogP) is 6.41. The number of aryl methyl sites for hydroxylation is 2. The molecule has 1 saturated carbocycles. The summed E-state index contributed by atoms with van der Waals surface area (Å²) in [4.78, 5) is 50.5. The molecule has 1 spiro atoms. The monoisotopic (exact) mass is 797 g/mol. The number of benzene rings is 4. The van der Waals surface area contributed by atoms with Gasteiger partial charge in [-0.3, -0.25) is 19.2 Å². The summed E-state index contributed by atoms with van der Waals surface area (Å²) in [5.41, 5.74) is 8.94. The number of amides is 4. The van der Waals surface area contributed by atoms with Crippen LogP contribution in [0.3, 0.4) is 0 Å². The van der Waals surface area contributed by atoms with Crippen LogP contribution in [-0.4, -0.2) is 71.5 Å². The zero-order valence-corrected chi connectivity index (χ0v) is 33.0. The van der Waals surface area contributed by atoms with Crippen molar-refractivity contribution < 1.29 is 38.7 Å². The first-order chi connectivity index (χ1) is 28.5. The molecule has 6 N–H and O–H groups in total. The first-order valence-electron chi connectivity index (χ1n) is 20.0. The number of carbonyl (C=O) groups is 4. The number of aliphatic hydroxyl groups is 2. The maximum atomic E-state index is 12.8. The number of aromatic nitrogens is 1. The molecule has 1 aliphatic carbocycles. The van der Waals surface area contributed by atoms with Gasteiger partial charge in [0.05, 0.1) is 10.8 Å². The van der Waals surface area contributed by atoms with E-state index in [1.807, 2.05) is 80.6 Å². The molecule has 5 aromatic rings. The van der Waals surface area contributed by atoms with E-state index in [1.165, 1.54) is 6.26 Å². The second kappa shape index (κ2) is 16.2. The molecular weight excluding hydrogens is 751 g/mol. The Morgan fingerprint density at radius 3 is 1.90 bits per heavy atom. The number of nitrogens with zero attached hydrogens (tertiary/aromatic N) is 1. The summed E-state index contributed by atoms with van der Waals surface area (Å²) in [6.45, 7) is 4.91. The maximum Gasteiger partial charge on any atom is 0.256 e. The number of fused-ring (bicyclic) bond motifs is 3. The first-order valence-corrected chi connectivity index (χ1v) is 20.0. The highest BCUT2D eigenvalue weighted by Crippen LogP contribution is 2.47. The number of aliphatic hydroxyl groups excluding tert-OH is 2. The molecule has 4 aliphatic rings. The van der Waals surface area contributed by atoms with Crippen molar-refractivity contribution in [3.63, 3.8) is 0 Å². The summed E-state index contributed by atoms with van der Waals surface area (Å²) in [6.07, 6.45) is 5.41. The molecule has 13 heteroatoms. The highest BCUT2D eigenvalue weighted by Gasteiger charge is 2.48. The molecule has 9 rings (SSSR count). The van der Waals surface area contributed by atoms with Crippen molar-refractivity contribution >= 4 is 40.8 Å². The van der Waals surface area contributed by atoms with Gasteiger partial charge in [0.15, 0.2) is 5.82 Å². The minimum Gasteiger partial charge on any atom is -0.396 e. The van der Waals surface area contributed by atoms with Crippen molar-refractivity contribution in [3.05, 3.63) is 119 Å². The standard InChI is InChI=1S/C23H21N3O4.C23H26N2O4/c1-14-2-3-16(21(27)25-20-6-9-30-26-20)12-17(14)15-4-5-18-19(13-15)24-22(28)23(18)7-10-29-11-8-23;1-14-2-3-16(21(28)24-17-5-6-17)12-18(14)15-4-7-19-20(13-15)25-22(29)23(19,8-10-26)9-11-27/h2-6,9,12-13H,7-8,10-11H2,1H3,(H,24,28)(H,25,26,27);2-4,7,12-13,17,26-27H,5-6,8-11H2,1H3,(H,24,28)(H,25,29). The van der Waals surface area contributed by atoms with Crippen molar-refractivity contribution in [1.29, 1.82) is 0 Å². The van der Waals surface area contributed by atoms with Crippen LogP contribution < -0.4 is 21.3 Å². The third kappa shape index (κ3) is 7.64. The topological polar surface area (TPSA) is 192 Å². The van der Waals surface area contributed by atoms with Crippen molar-refractivity contribution in [2.24, 2.45) is 0 Å². The predicted molar refractivity (Wildman–Crippen MR) is 222 cm³/mol. The smallest absolute Gasteiger partial charge is 0.256 e. The summed E-state index contributed by atoms with van der Waals surface area (Å²) in [7, 11) is 0. The van der Waals surface area contributed by atoms with Gasteiger partial charge in [0, 0.05) is 61.0 Å². The number of nitrogens with one attached hydrogen (secondary N) is 4. The van der Waals surface area contributed by atoms with Gasteiger partial charge in [-0.2, -0.15) is 0 Å². The molecule has 0 bridgehead atoms. The van der Waals surface area contributed by atoms with E-state index in [0.717, 1.165) is 63.0 Å². The average Bonchev–Trinajstić information content (AvgIpc) is 3.72. The van der Waals surface area contributed by atoms with Gasteiger partial charge in [-0.05, 0) is 133 Å². The van der Waals surface area contributed by atoms with E-state index < -0.39 is 10.8 Å². The Bertz CT molecular complexity index is 2430. The normalized spacial score (nSPS) is 16.9. The molecule has 3 aliphatic heterocycles. The van der Waals surface area contributed by atoms with Crippen molar-refractivity contribution in [1.82, 2.24) is 10.5 Å². The number of rotatable bonds is 10. The number of hydrogen-bond acceptors (Lipinski definition) is 9. The fourth-order valence-electron chi connectivity index (χ4n) is 8.52. The van der Waals surface area contributed by atoms with Gasteiger partial charge in [0.1, 0.15) is 6.26 Å². The van der Waals surface area contributed by atoms with E-state index in [4.69, 9.17) is 9.26 Å². The molecule has 2 fully saturated rings. The molecule has 1 saturated heterocycles. The van der Waals surface area contributed by atoms with E-state index in [0.29, 0.717) is 54.7 Å². The van der Waals surface area contributed by atoms with E-state index in [2.05, 4.69) is 26.4 Å². The Labute approximate surface area is 341 Å². The molecule has 13 nitrogen and oxygen atoms in total. The van der Waals surface area contributed by atoms with Gasteiger partial charge in [0.25, 0.3) is 11.8 Å². The Kier molecular flexibility index (Phi) is 10.9. The summed E-state index contributed by atoms with van der Waals surface area (Å²) >= 11 is 0. The molecule has 0 atom stereocenters. The van der Waals surface area contributed by atoms with Crippen molar-refractivity contribution in [2.45, 2.75) is 69.2 Å². The quantitative estimate of drug-likeness (QED) is 0.0927. The maximum absolute atomic E-state index is 12.8. The third-order valence-electron chi connectivity index (χ3n) is 12.1. The number of carbonyl (C=O) groups excluding carboxylic acids is 4. The van der Waals surface area contributed by atoms with Crippen molar-refractivity contribution in [3.8, 4) is 22.3 Å². The molecule has 4 amide bonds. The lowest BCUT2D eigenvalue weighted by Crippen LogP contribution is -2.39. The Balaban J connectivity index is 0.000000164. The minimum atomic E-state index is -0.904. The lowest BCUT2D eigenvalue weighted by Gasteiger charge is -2.31. The minimum absolute atomic E-state index is 0.0513. The molecule has 304 valence electrons. The van der Waals surface area contributed by atoms with E-state index in [1.54, 1.807) is 12.1 Å². The summed E-state index contributed by atoms with van der Waals surface area (Å²) in [6, 6.07) is 24.9. The van der Waals surface area contributed by atoms with E-state index in [-0.39, 0.29) is 49.7 Å². The summed E-state index contributed by atoms with van der Waals surface area (Å²) in [5, 5.41) is 34.4. The van der Waals surface area contributed by atoms with Crippen LogP contribution in [0.25, 0.3) is 22.3 Å². The number of anilines is 3. The Morgan fingerprint density at radius 1 is 0.746 bits per heavy atom. The lowest BCUT2D eigenvalue weighted by atomic mass is 9.75. The zero-order chi connectivity index (χ0) is 41.3. The van der Waals surface area contributed by atoms with Gasteiger partial charge >= 0.3 is 0 Å². The van der Waals surface area contributed by atoms with Crippen LogP contribution in [0.2, 0.25) is 0 Å². The van der Waals surface area contributed by atoms with Gasteiger partial charge in [-0.15, -0.1) is 0 Å². The Hall–Kier alpha value is -6.15. The molecular formula is C46H47N5O8. The molecule has 4 aromatic carbocycles. The molecule has 59 heavy (non-hydrogen) atoms. The molecule has 4 heterocycles. The van der Waals surface area contributed by atoms with Gasteiger partial charge < -0.3 is 40.7 Å². The molecule has 0 unspecified atom stereocenters. The number of hydrogen-bond donors (Lipinski definition) is 6. The average molecular weight is 798 g/mol. The van der Waals surface area contributed by atoms with Crippen LogP contribution in [0.15, 0.2) is 89.6 Å². The molecule has 1 aromatic heterocycles. The van der Waals surface area contributed by atoms with Crippen LogP contribution in [0, 0.1) is 13.8 Å². The highest BCUT2D eigenvalue weighted by atomic mass is 16.5. The van der Waals surface area contributed by atoms with Gasteiger partial charge in [-0.1, -0.05) is 41.6 Å². The second-order valence-corrected chi connectivity index (χ2v) is 15.8. The SMILES string of the molecule is Cc1ccc(C(=O)NC2CC2)cc1-c1ccc2c(c1)NC(=O)C2(CCO)CCO.Cc1ccc(C(=O)Nc2ccon2)cc1-c1ccc2c(c1)NC(=O)C21CCOCC1.